The van der Waals surface area contributed by atoms with Gasteiger partial charge in [-0.3, -0.25) is 0 Å². The Kier molecular flexibility index (Phi) is 13.1. The molecule has 0 aliphatic rings. The second-order valence-electron chi connectivity index (χ2n) is 19.9. The molecule has 0 fully saturated rings. The summed E-state index contributed by atoms with van der Waals surface area (Å²) in [6.45, 7) is 0. The largest absolute Gasteiger partial charge is 0.309 e. The molecule has 14 rings (SSSR count). The van der Waals surface area contributed by atoms with Gasteiger partial charge in [-0.25, -0.2) is 15.0 Å². The van der Waals surface area contributed by atoms with Crippen LogP contribution in [0.15, 0.2) is 367 Å². The lowest BCUT2D eigenvalue weighted by Crippen LogP contribution is -2.06. The van der Waals surface area contributed by atoms with Crippen molar-refractivity contribution in [1.29, 1.82) is 0 Å². The molecule has 0 aliphatic heterocycles. The van der Waals surface area contributed by atoms with Gasteiger partial charge >= 0.3 is 0 Å². The van der Waals surface area contributed by atoms with Crippen LogP contribution in [-0.4, -0.2) is 19.5 Å². The molecule has 0 bridgehead atoms. The van der Waals surface area contributed by atoms with E-state index in [9.17, 15) is 0 Å². The van der Waals surface area contributed by atoms with Gasteiger partial charge in [-0.15, -0.1) is 20.1 Å². The van der Waals surface area contributed by atoms with Crippen LogP contribution in [0.3, 0.4) is 0 Å². The highest BCUT2D eigenvalue weighted by atomic mass is 32.3. The molecule has 2 aromatic heterocycles. The Bertz CT molecular complexity index is 4310. The van der Waals surface area contributed by atoms with Crippen LogP contribution in [0.2, 0.25) is 0 Å². The van der Waals surface area contributed by atoms with Crippen molar-refractivity contribution in [3.05, 3.63) is 328 Å². The van der Waals surface area contributed by atoms with Gasteiger partial charge in [0, 0.05) is 66.6 Å². The molecule has 0 amide bonds. The molecule has 0 saturated heterocycles. The maximum absolute atomic E-state index is 5.56. The van der Waals surface area contributed by atoms with Crippen LogP contribution in [0.1, 0.15) is 0 Å². The molecule has 14 aromatic rings. The number of benzene rings is 12. The second-order valence-corrected chi connectivity index (χ2v) is 26.1. The molecule has 81 heavy (non-hydrogen) atoms. The minimum absolute atomic E-state index is 0.584. The molecule has 0 radical (unpaired) electrons. The van der Waals surface area contributed by atoms with Crippen molar-refractivity contribution in [3.8, 4) is 51.0 Å². The molecule has 0 saturated carbocycles. The van der Waals surface area contributed by atoms with E-state index in [4.69, 9.17) is 15.0 Å². The highest BCUT2D eigenvalue weighted by molar-refractivity contribution is 8.34. The average molecular weight is 1080 g/mol. The first-order valence-corrected chi connectivity index (χ1v) is 30.6. The topological polar surface area (TPSA) is 43.6 Å². The summed E-state index contributed by atoms with van der Waals surface area (Å²) in [6, 6.07) is 119. The van der Waals surface area contributed by atoms with Crippen molar-refractivity contribution >= 4 is 41.9 Å². The van der Waals surface area contributed by atoms with E-state index in [-0.39, 0.29) is 0 Å². The predicted octanol–water partition coefficient (Wildman–Crippen LogP) is 20.3. The van der Waals surface area contributed by atoms with E-state index in [0.29, 0.717) is 17.5 Å². The molecular weight excluding hydrogens is 1020 g/mol. The van der Waals surface area contributed by atoms with Crippen molar-refractivity contribution in [2.45, 2.75) is 39.2 Å². The van der Waals surface area contributed by atoms with Crippen LogP contribution in [0.4, 0.5) is 0 Å². The lowest BCUT2D eigenvalue weighted by atomic mass is 10.1. The number of fused-ring (bicyclic) bond motifs is 3. The van der Waals surface area contributed by atoms with Crippen molar-refractivity contribution in [1.82, 2.24) is 19.5 Å². The molecule has 0 aliphatic carbocycles. The van der Waals surface area contributed by atoms with Crippen molar-refractivity contribution in [2.75, 3.05) is 0 Å². The molecule has 6 heteroatoms. The zero-order chi connectivity index (χ0) is 54.0. The molecule has 0 atom stereocenters. The van der Waals surface area contributed by atoms with Gasteiger partial charge in [0.1, 0.15) is 0 Å². The van der Waals surface area contributed by atoms with Crippen LogP contribution in [0.5, 0.6) is 0 Å². The number of aromatic nitrogens is 4. The summed E-state index contributed by atoms with van der Waals surface area (Å²) in [7, 11) is -4.07. The third-order valence-corrected chi connectivity index (χ3v) is 23.1. The quantitative estimate of drug-likeness (QED) is 0.116. The highest BCUT2D eigenvalue weighted by Crippen LogP contribution is 2.75. The van der Waals surface area contributed by atoms with E-state index < -0.39 is 20.1 Å². The Labute approximate surface area is 476 Å². The van der Waals surface area contributed by atoms with Crippen LogP contribution < -0.4 is 0 Å². The van der Waals surface area contributed by atoms with E-state index in [0.717, 1.165) is 33.4 Å². The number of hydrogen-bond donors (Lipinski definition) is 0. The van der Waals surface area contributed by atoms with Crippen LogP contribution in [0, 0.1) is 0 Å². The number of nitrogens with zero attached hydrogens (tertiary/aromatic N) is 4. The summed E-state index contributed by atoms with van der Waals surface area (Å²) < 4.78 is 2.36. The maximum atomic E-state index is 5.56. The van der Waals surface area contributed by atoms with E-state index >= 15 is 0 Å². The Balaban J connectivity index is 0.994. The Morgan fingerprint density at radius 1 is 0.222 bits per heavy atom. The fourth-order valence-corrected chi connectivity index (χ4v) is 19.5. The molecule has 4 nitrogen and oxygen atoms in total. The first-order valence-electron chi connectivity index (χ1n) is 27.3. The highest BCUT2D eigenvalue weighted by Gasteiger charge is 2.35. The van der Waals surface area contributed by atoms with Gasteiger partial charge in [0.25, 0.3) is 0 Å². The molecule has 0 N–H and O–H groups in total. The molecule has 2 heterocycles. The maximum Gasteiger partial charge on any atom is 0.166 e. The van der Waals surface area contributed by atoms with Crippen molar-refractivity contribution in [2.24, 2.45) is 0 Å². The van der Waals surface area contributed by atoms with Gasteiger partial charge in [0.2, 0.25) is 0 Å². The first-order chi connectivity index (χ1) is 40.2. The van der Waals surface area contributed by atoms with Crippen molar-refractivity contribution < 1.29 is 0 Å². The monoisotopic (exact) mass is 1070 g/mol. The molecular formula is C75H54N4S2. The lowest BCUT2D eigenvalue weighted by Gasteiger charge is -2.42. The minimum Gasteiger partial charge on any atom is -0.309 e. The standard InChI is InChI=1S/C75H54N4S2/c1-7-27-55(28-8-1)57-29-25-41-65(53-57)81(62-37-15-5-16-38-62,63-39-17-6-18-40-63)64-51-49-56(50-52-64)73-76-74(78-75(77-73)69-45-21-24-48-72(69)79-70-46-22-19-43-67(70)68-44-20-23-47-71(68)79)58-30-26-42-66(54-58)80(59-31-9-2-10-32-59,60-33-11-3-12-34-60)61-35-13-4-14-36-61/h1-54H. The van der Waals surface area contributed by atoms with Gasteiger partial charge in [-0.05, 0) is 132 Å². The van der Waals surface area contributed by atoms with E-state index in [1.54, 1.807) is 0 Å². The normalized spacial score (nSPS) is 12.1. The van der Waals surface area contributed by atoms with Gasteiger partial charge in [-0.2, -0.15) is 0 Å². The fourth-order valence-electron chi connectivity index (χ4n) is 11.7. The summed E-state index contributed by atoms with van der Waals surface area (Å²) in [5, 5.41) is 2.38. The van der Waals surface area contributed by atoms with E-state index in [1.807, 2.05) is 0 Å². The molecule has 0 spiro atoms. The SMILES string of the molecule is c1ccc(-c2cccc(S(c3ccccc3)(c3ccccc3)c3ccc(-c4nc(-c5cccc(S(c6ccccc6)(c6ccccc6)c6ccccc6)c5)nc(-c5ccccc5-n5c6ccccc6c6ccccc65)n4)cc3)c2)cc1. The Morgan fingerprint density at radius 3 is 1.04 bits per heavy atom. The molecule has 386 valence electrons. The van der Waals surface area contributed by atoms with Crippen LogP contribution in [-0.2, 0) is 0 Å². The Hall–Kier alpha value is -9.85. The first kappa shape index (κ1) is 49.4. The summed E-state index contributed by atoms with van der Waals surface area (Å²) in [6.07, 6.45) is 0. The zero-order valence-corrected chi connectivity index (χ0v) is 45.9. The smallest absolute Gasteiger partial charge is 0.166 e. The van der Waals surface area contributed by atoms with Crippen LogP contribution >= 0.6 is 20.1 Å². The zero-order valence-electron chi connectivity index (χ0n) is 44.3. The van der Waals surface area contributed by atoms with Gasteiger partial charge in [0.15, 0.2) is 17.5 Å². The minimum atomic E-state index is -2.05. The van der Waals surface area contributed by atoms with Gasteiger partial charge < -0.3 is 4.57 Å². The van der Waals surface area contributed by atoms with E-state index in [2.05, 4.69) is 332 Å². The predicted molar refractivity (Wildman–Crippen MR) is 336 cm³/mol. The molecule has 0 unspecified atom stereocenters. The van der Waals surface area contributed by atoms with Gasteiger partial charge in [0.05, 0.1) is 16.7 Å². The fraction of sp³-hybridized carbons (Fsp3) is 0. The summed E-state index contributed by atoms with van der Waals surface area (Å²) in [4.78, 5) is 26.5. The van der Waals surface area contributed by atoms with Crippen molar-refractivity contribution in [3.63, 3.8) is 0 Å². The van der Waals surface area contributed by atoms with Gasteiger partial charge in [-0.1, -0.05) is 206 Å². The summed E-state index contributed by atoms with van der Waals surface area (Å²) in [5.41, 5.74) is 8.26. The van der Waals surface area contributed by atoms with E-state index in [1.165, 1.54) is 61.1 Å². The third-order valence-electron chi connectivity index (χ3n) is 15.3. The summed E-state index contributed by atoms with van der Waals surface area (Å²) in [5.74, 6) is 1.76. The average Bonchev–Trinajstić information content (AvgIpc) is 4.04. The number of rotatable bonds is 13. The number of hydrogen-bond acceptors (Lipinski definition) is 3. The Morgan fingerprint density at radius 2 is 0.556 bits per heavy atom. The van der Waals surface area contributed by atoms with Crippen LogP contribution in [0.25, 0.3) is 72.8 Å². The third kappa shape index (κ3) is 8.73. The summed E-state index contributed by atoms with van der Waals surface area (Å²) >= 11 is 0. The second kappa shape index (κ2) is 21.4. The number of para-hydroxylation sites is 3. The molecule has 12 aromatic carbocycles. The lowest BCUT2D eigenvalue weighted by molar-refractivity contribution is 1.06.